The van der Waals surface area contributed by atoms with Crippen LogP contribution in [-0.2, 0) is 19.1 Å². The summed E-state index contributed by atoms with van der Waals surface area (Å²) in [5.41, 5.74) is 0. The van der Waals surface area contributed by atoms with Gasteiger partial charge in [0.1, 0.15) is 0 Å². The van der Waals surface area contributed by atoms with Gasteiger partial charge in [0.15, 0.2) is 0 Å². The number of esters is 2. The number of aliphatic hydroxyl groups excluding tert-OH is 2. The Kier molecular flexibility index (Phi) is 39.6. The van der Waals surface area contributed by atoms with Crippen LogP contribution in [0.2, 0.25) is 0 Å². The van der Waals surface area contributed by atoms with E-state index in [1.165, 1.54) is 109 Å². The molecule has 0 heterocycles. The molecule has 316 valence electrons. The summed E-state index contributed by atoms with van der Waals surface area (Å²) in [6, 6.07) is 0. The fourth-order valence-electron chi connectivity index (χ4n) is 7.47. The molecule has 0 aromatic carbocycles. The minimum absolute atomic E-state index is 0.0328. The average molecular weight is 754 g/mol. The number of ether oxygens (including phenoxy) is 2. The van der Waals surface area contributed by atoms with Crippen molar-refractivity contribution in [2.45, 2.75) is 233 Å². The number of rotatable bonds is 42. The molecule has 0 amide bonds. The molecule has 2 N–H and O–H groups in total. The summed E-state index contributed by atoms with van der Waals surface area (Å²) in [5, 5.41) is 20.0. The van der Waals surface area contributed by atoms with E-state index in [4.69, 9.17) is 9.47 Å². The van der Waals surface area contributed by atoms with Gasteiger partial charge >= 0.3 is 11.9 Å². The first kappa shape index (κ1) is 51.8. The summed E-state index contributed by atoms with van der Waals surface area (Å²) < 4.78 is 11.1. The van der Waals surface area contributed by atoms with E-state index in [1.807, 2.05) is 0 Å². The predicted octanol–water partition coefficient (Wildman–Crippen LogP) is 12.1. The molecule has 0 rings (SSSR count). The van der Waals surface area contributed by atoms with Crippen molar-refractivity contribution < 1.29 is 29.3 Å². The summed E-state index contributed by atoms with van der Waals surface area (Å²) in [5.74, 6) is 1.24. The van der Waals surface area contributed by atoms with E-state index < -0.39 is 0 Å². The third kappa shape index (κ3) is 36.2. The van der Waals surface area contributed by atoms with E-state index in [0.717, 1.165) is 83.7 Å². The molecule has 7 heteroatoms. The smallest absolute Gasteiger partial charge is 0.305 e. The predicted molar refractivity (Wildman–Crippen MR) is 224 cm³/mol. The second-order valence-corrected chi connectivity index (χ2v) is 16.2. The zero-order valence-corrected chi connectivity index (χ0v) is 35.9. The monoisotopic (exact) mass is 754 g/mol. The molecule has 0 aliphatic carbocycles. The van der Waals surface area contributed by atoms with Crippen molar-refractivity contribution in [3.05, 3.63) is 0 Å². The zero-order valence-electron chi connectivity index (χ0n) is 35.9. The van der Waals surface area contributed by atoms with Crippen LogP contribution in [0.1, 0.15) is 227 Å². The van der Waals surface area contributed by atoms with Gasteiger partial charge in [-0.3, -0.25) is 9.59 Å². The number of hydrogen-bond acceptors (Lipinski definition) is 7. The third-order valence-electron chi connectivity index (χ3n) is 11.2. The normalized spacial score (nSPS) is 13.3. The van der Waals surface area contributed by atoms with E-state index in [1.54, 1.807) is 0 Å². The Bertz CT molecular complexity index is 779. The van der Waals surface area contributed by atoms with Gasteiger partial charge < -0.3 is 24.6 Å². The summed E-state index contributed by atoms with van der Waals surface area (Å²) in [7, 11) is 0. The molecule has 0 radical (unpaired) electrons. The molecule has 53 heavy (non-hydrogen) atoms. The molecule has 0 spiro atoms. The highest BCUT2D eigenvalue weighted by Gasteiger charge is 2.14. The Morgan fingerprint density at radius 3 is 1.51 bits per heavy atom. The van der Waals surface area contributed by atoms with Crippen LogP contribution in [0.25, 0.3) is 0 Å². The third-order valence-corrected chi connectivity index (χ3v) is 11.2. The average Bonchev–Trinajstić information content (AvgIpc) is 3.15. The Labute approximate surface area is 329 Å². The van der Waals surface area contributed by atoms with Crippen LogP contribution in [-0.4, -0.2) is 72.6 Å². The van der Waals surface area contributed by atoms with Crippen molar-refractivity contribution >= 4 is 11.9 Å². The molecule has 0 aliphatic rings. The largest absolute Gasteiger partial charge is 0.466 e. The molecule has 3 unspecified atom stereocenters. The van der Waals surface area contributed by atoms with Crippen molar-refractivity contribution in [2.75, 3.05) is 39.5 Å². The van der Waals surface area contributed by atoms with Crippen molar-refractivity contribution in [3.63, 3.8) is 0 Å². The fraction of sp³-hybridized carbons (Fsp3) is 0.957. The van der Waals surface area contributed by atoms with Gasteiger partial charge in [-0.25, -0.2) is 0 Å². The van der Waals surface area contributed by atoms with Gasteiger partial charge in [-0.2, -0.15) is 0 Å². The van der Waals surface area contributed by atoms with Crippen LogP contribution in [0.5, 0.6) is 0 Å². The second kappa shape index (κ2) is 40.5. The maximum Gasteiger partial charge on any atom is 0.305 e. The summed E-state index contributed by atoms with van der Waals surface area (Å²) in [4.78, 5) is 26.9. The first-order valence-corrected chi connectivity index (χ1v) is 23.2. The van der Waals surface area contributed by atoms with E-state index in [2.05, 4.69) is 32.6 Å². The number of nitrogens with zero attached hydrogens (tertiary/aromatic N) is 1. The lowest BCUT2D eigenvalue weighted by molar-refractivity contribution is -0.145. The highest BCUT2D eigenvalue weighted by Crippen LogP contribution is 2.22. The van der Waals surface area contributed by atoms with Crippen molar-refractivity contribution in [2.24, 2.45) is 11.8 Å². The summed E-state index contributed by atoms with van der Waals surface area (Å²) in [6.45, 7) is 13.0. The van der Waals surface area contributed by atoms with E-state index in [9.17, 15) is 19.8 Å². The number of carbonyl (C=O) groups excluding carboxylic acids is 2. The molecule has 0 saturated heterocycles. The van der Waals surface area contributed by atoms with Crippen LogP contribution in [0.4, 0.5) is 0 Å². The molecule has 0 bridgehead atoms. The summed E-state index contributed by atoms with van der Waals surface area (Å²) in [6.07, 6.45) is 33.5. The van der Waals surface area contributed by atoms with Crippen molar-refractivity contribution in [1.82, 2.24) is 4.90 Å². The molecule has 0 saturated carbocycles. The van der Waals surface area contributed by atoms with Gasteiger partial charge in [0.2, 0.25) is 0 Å². The second-order valence-electron chi connectivity index (χ2n) is 16.2. The molecule has 7 nitrogen and oxygen atoms in total. The minimum atomic E-state index is -0.383. The first-order chi connectivity index (χ1) is 25.9. The number of hydrogen-bond donors (Lipinski definition) is 2. The Morgan fingerprint density at radius 1 is 0.491 bits per heavy atom. The van der Waals surface area contributed by atoms with Crippen molar-refractivity contribution in [3.8, 4) is 0 Å². The lowest BCUT2D eigenvalue weighted by atomic mass is 9.92. The van der Waals surface area contributed by atoms with Crippen LogP contribution < -0.4 is 0 Å². The van der Waals surface area contributed by atoms with Crippen LogP contribution in [0, 0.1) is 11.8 Å². The van der Waals surface area contributed by atoms with E-state index in [0.29, 0.717) is 50.9 Å². The fourth-order valence-corrected chi connectivity index (χ4v) is 7.47. The Balaban J connectivity index is 4.18. The Hall–Kier alpha value is -1.18. The van der Waals surface area contributed by atoms with Crippen LogP contribution >= 0.6 is 0 Å². The molecule has 0 aromatic heterocycles. The number of aliphatic hydroxyl groups is 2. The standard InChI is InChI=1S/C46H91NO6/c1-5-9-12-16-21-30-43(29-20-10-6-2)35-40-53-46(51)33-24-23-31-44(49)41-47(37-26-19-27-38-48)36-25-18-15-13-14-17-22-32-45(50)52-39-34-42(8-4)28-11-7-3/h42-44,48-49H,5-41H2,1-4H3. The SMILES string of the molecule is CCCCCCCC(CCCCC)CCOC(=O)CCCCC(O)CN(CCCCCO)CCCCCCCCCC(=O)OCCC(CC)CCCC. The number of unbranched alkanes of at least 4 members (excludes halogenated alkanes) is 16. The molecule has 3 atom stereocenters. The van der Waals surface area contributed by atoms with Gasteiger partial charge in [-0.05, 0) is 82.7 Å². The first-order valence-electron chi connectivity index (χ1n) is 23.2. The maximum absolute atomic E-state index is 12.4. The Morgan fingerprint density at radius 2 is 0.925 bits per heavy atom. The van der Waals surface area contributed by atoms with Crippen molar-refractivity contribution in [1.29, 1.82) is 0 Å². The lowest BCUT2D eigenvalue weighted by Gasteiger charge is -2.25. The zero-order chi connectivity index (χ0) is 39.0. The molecule has 0 aromatic rings. The van der Waals surface area contributed by atoms with E-state index >= 15 is 0 Å². The highest BCUT2D eigenvalue weighted by atomic mass is 16.5. The molecular weight excluding hydrogens is 663 g/mol. The quantitative estimate of drug-likeness (QED) is 0.0473. The lowest BCUT2D eigenvalue weighted by Crippen LogP contribution is -2.34. The molecule has 0 aliphatic heterocycles. The van der Waals surface area contributed by atoms with Gasteiger partial charge in [-0.15, -0.1) is 0 Å². The van der Waals surface area contributed by atoms with Crippen LogP contribution in [0.15, 0.2) is 0 Å². The molecular formula is C46H91NO6. The minimum Gasteiger partial charge on any atom is -0.466 e. The van der Waals surface area contributed by atoms with Gasteiger partial charge in [0.25, 0.3) is 0 Å². The number of carbonyl (C=O) groups is 2. The molecule has 0 fully saturated rings. The summed E-state index contributed by atoms with van der Waals surface area (Å²) >= 11 is 0. The van der Waals surface area contributed by atoms with Gasteiger partial charge in [-0.1, -0.05) is 156 Å². The van der Waals surface area contributed by atoms with Gasteiger partial charge in [0.05, 0.1) is 19.3 Å². The maximum atomic E-state index is 12.4. The van der Waals surface area contributed by atoms with Gasteiger partial charge in [0, 0.05) is 26.0 Å². The van der Waals surface area contributed by atoms with Crippen LogP contribution in [0.3, 0.4) is 0 Å². The highest BCUT2D eigenvalue weighted by molar-refractivity contribution is 5.69. The van der Waals surface area contributed by atoms with E-state index in [-0.39, 0.29) is 24.6 Å². The topological polar surface area (TPSA) is 96.3 Å².